The second-order valence-electron chi connectivity index (χ2n) is 16.0. The van der Waals surface area contributed by atoms with Crippen molar-refractivity contribution in [2.75, 3.05) is 4.90 Å². The Labute approximate surface area is 361 Å². The summed E-state index contributed by atoms with van der Waals surface area (Å²) < 4.78 is 11.5. The predicted molar refractivity (Wildman–Crippen MR) is 264 cm³/mol. The largest absolute Gasteiger partial charge is 0.455 e. The Kier molecular flexibility index (Phi) is 7.78. The van der Waals surface area contributed by atoms with Gasteiger partial charge in [-0.15, -0.1) is 11.3 Å². The van der Waals surface area contributed by atoms with E-state index in [1.165, 1.54) is 52.9 Å². The van der Waals surface area contributed by atoms with Gasteiger partial charge in [0.15, 0.2) is 0 Å². The van der Waals surface area contributed by atoms with E-state index in [1.807, 2.05) is 11.3 Å². The number of benzene rings is 10. The summed E-state index contributed by atoms with van der Waals surface area (Å²) in [5, 5.41) is 9.70. The van der Waals surface area contributed by atoms with Gasteiger partial charge in [-0.2, -0.15) is 0 Å². The first kappa shape index (κ1) is 34.9. The Morgan fingerprint density at radius 2 is 0.952 bits per heavy atom. The molecule has 13 rings (SSSR count). The van der Waals surface area contributed by atoms with Crippen LogP contribution >= 0.6 is 11.3 Å². The maximum Gasteiger partial charge on any atom is 0.143 e. The quantitative estimate of drug-likeness (QED) is 0.167. The molecule has 0 fully saturated rings. The fraction of sp³-hybridized carbons (Fsp3) is 0. The molecule has 0 radical (unpaired) electrons. The maximum absolute atomic E-state index is 6.56. The molecule has 0 aliphatic rings. The van der Waals surface area contributed by atoms with Gasteiger partial charge in [-0.1, -0.05) is 146 Å². The van der Waals surface area contributed by atoms with Crippen molar-refractivity contribution in [1.29, 1.82) is 0 Å². The highest BCUT2D eigenvalue weighted by Gasteiger charge is 2.19. The normalized spacial score (nSPS) is 11.9. The number of hydrogen-bond acceptors (Lipinski definition) is 3. The molecule has 13 aromatic rings. The minimum Gasteiger partial charge on any atom is -0.455 e. The summed E-state index contributed by atoms with van der Waals surface area (Å²) in [5.41, 5.74) is 13.3. The van der Waals surface area contributed by atoms with E-state index in [0.29, 0.717) is 0 Å². The highest BCUT2D eigenvalue weighted by Crippen LogP contribution is 2.44. The van der Waals surface area contributed by atoms with E-state index in [2.05, 4.69) is 228 Å². The summed E-state index contributed by atoms with van der Waals surface area (Å²) in [4.78, 5) is 2.39. The van der Waals surface area contributed by atoms with Crippen LogP contribution in [0.2, 0.25) is 0 Å². The summed E-state index contributed by atoms with van der Waals surface area (Å²) in [5.74, 6) is 0. The van der Waals surface area contributed by atoms with E-state index in [0.717, 1.165) is 66.8 Å². The van der Waals surface area contributed by atoms with Gasteiger partial charge >= 0.3 is 0 Å². The number of fused-ring (bicyclic) bond motifs is 11. The van der Waals surface area contributed by atoms with Crippen LogP contribution in [0.25, 0.3) is 103 Å². The van der Waals surface area contributed by atoms with Gasteiger partial charge in [-0.25, -0.2) is 0 Å². The van der Waals surface area contributed by atoms with Crippen molar-refractivity contribution < 1.29 is 4.42 Å². The molecule has 0 atom stereocenters. The van der Waals surface area contributed by atoms with Crippen LogP contribution in [-0.2, 0) is 0 Å². The zero-order valence-corrected chi connectivity index (χ0v) is 34.3. The lowest BCUT2D eigenvalue weighted by atomic mass is 9.98. The molecule has 0 aliphatic carbocycles. The molecule has 10 aromatic carbocycles. The highest BCUT2D eigenvalue weighted by molar-refractivity contribution is 7.25. The second kappa shape index (κ2) is 13.8. The lowest BCUT2D eigenvalue weighted by molar-refractivity contribution is 0.673. The number of rotatable bonds is 6. The van der Waals surface area contributed by atoms with Crippen LogP contribution in [0.1, 0.15) is 0 Å². The molecular formula is C58H36N2OS. The van der Waals surface area contributed by atoms with E-state index < -0.39 is 0 Å². The van der Waals surface area contributed by atoms with E-state index >= 15 is 0 Å². The third kappa shape index (κ3) is 5.37. The minimum absolute atomic E-state index is 0.899. The van der Waals surface area contributed by atoms with Crippen LogP contribution in [0.5, 0.6) is 0 Å². The third-order valence-electron chi connectivity index (χ3n) is 12.6. The zero-order valence-electron chi connectivity index (χ0n) is 33.5. The van der Waals surface area contributed by atoms with Gasteiger partial charge in [0, 0.05) is 69.7 Å². The van der Waals surface area contributed by atoms with Crippen molar-refractivity contribution in [3.63, 3.8) is 0 Å². The molecule has 0 N–H and O–H groups in total. The molecule has 3 nitrogen and oxygen atoms in total. The van der Waals surface area contributed by atoms with Crippen molar-refractivity contribution in [2.45, 2.75) is 0 Å². The number of anilines is 3. The number of thiophene rings is 1. The van der Waals surface area contributed by atoms with Gasteiger partial charge in [0.25, 0.3) is 0 Å². The Hall–Kier alpha value is -7.92. The number of hydrogen-bond donors (Lipinski definition) is 0. The van der Waals surface area contributed by atoms with Crippen LogP contribution in [0.15, 0.2) is 223 Å². The molecule has 0 saturated heterocycles. The zero-order chi connectivity index (χ0) is 40.7. The molecule has 290 valence electrons. The van der Waals surface area contributed by atoms with Crippen LogP contribution in [0, 0.1) is 0 Å². The van der Waals surface area contributed by atoms with Crippen molar-refractivity contribution in [3.8, 4) is 27.9 Å². The minimum atomic E-state index is 0.899. The van der Waals surface area contributed by atoms with Gasteiger partial charge in [0.05, 0.1) is 16.7 Å². The molecule has 62 heavy (non-hydrogen) atoms. The van der Waals surface area contributed by atoms with Gasteiger partial charge in [0.1, 0.15) is 11.2 Å². The summed E-state index contributed by atoms with van der Waals surface area (Å²) in [6, 6.07) is 79.2. The lowest BCUT2D eigenvalue weighted by Crippen LogP contribution is -2.09. The predicted octanol–water partition coefficient (Wildman–Crippen LogP) is 17.0. The van der Waals surface area contributed by atoms with Gasteiger partial charge in [-0.3, -0.25) is 0 Å². The number of furan rings is 1. The van der Waals surface area contributed by atoms with Crippen LogP contribution in [0.4, 0.5) is 17.1 Å². The molecule has 0 bridgehead atoms. The van der Waals surface area contributed by atoms with Gasteiger partial charge in [-0.05, 0) is 94.9 Å². The Morgan fingerprint density at radius 3 is 1.71 bits per heavy atom. The molecule has 0 unspecified atom stereocenters. The Morgan fingerprint density at radius 1 is 0.387 bits per heavy atom. The standard InChI is InChI=1S/C58H36N2OS/c1-2-14-45-37(12-1)28-34-50-57-44(18-11-22-54(57)61-58(45)50)39-26-31-41(32-27-39)59(42-33-35-49-48-17-6-10-23-55(48)62-56(49)36-42)40-29-24-38(25-30-40)43-13-3-7-19-51(43)60-52-20-8-4-15-46(52)47-16-5-9-21-53(47)60/h1-36H. The third-order valence-corrected chi connectivity index (χ3v) is 13.7. The van der Waals surface area contributed by atoms with Gasteiger partial charge < -0.3 is 13.9 Å². The van der Waals surface area contributed by atoms with Crippen LogP contribution in [-0.4, -0.2) is 4.57 Å². The maximum atomic E-state index is 6.56. The topological polar surface area (TPSA) is 21.3 Å². The summed E-state index contributed by atoms with van der Waals surface area (Å²) >= 11 is 1.85. The fourth-order valence-corrected chi connectivity index (χ4v) is 10.9. The molecule has 0 saturated carbocycles. The molecule has 0 aliphatic heterocycles. The number of nitrogens with zero attached hydrogens (tertiary/aromatic N) is 2. The average molecular weight is 809 g/mol. The SMILES string of the molecule is c1ccc(-n2c3ccccc3c3ccccc32)c(-c2ccc(N(c3ccc(-c4cccc5oc6c7ccccc7ccc6c45)cc3)c3ccc4c(c3)sc3ccccc34)cc2)c1. The second-order valence-corrected chi connectivity index (χ2v) is 17.1. The fourth-order valence-electron chi connectivity index (χ4n) is 9.77. The van der Waals surface area contributed by atoms with Crippen molar-refractivity contribution >= 4 is 103 Å². The van der Waals surface area contributed by atoms with Crippen molar-refractivity contribution in [2.24, 2.45) is 0 Å². The summed E-state index contributed by atoms with van der Waals surface area (Å²) in [6.07, 6.45) is 0. The first-order valence-corrected chi connectivity index (χ1v) is 21.9. The molecule has 3 heterocycles. The molecule has 4 heteroatoms. The molecular weight excluding hydrogens is 773 g/mol. The van der Waals surface area contributed by atoms with Crippen LogP contribution in [0.3, 0.4) is 0 Å². The summed E-state index contributed by atoms with van der Waals surface area (Å²) in [7, 11) is 0. The number of para-hydroxylation sites is 3. The van der Waals surface area contributed by atoms with E-state index in [9.17, 15) is 0 Å². The average Bonchev–Trinajstić information content (AvgIpc) is 4.02. The van der Waals surface area contributed by atoms with E-state index in [1.54, 1.807) is 0 Å². The first-order valence-electron chi connectivity index (χ1n) is 21.1. The highest BCUT2D eigenvalue weighted by atomic mass is 32.1. The smallest absolute Gasteiger partial charge is 0.143 e. The van der Waals surface area contributed by atoms with Gasteiger partial charge in [0.2, 0.25) is 0 Å². The lowest BCUT2D eigenvalue weighted by Gasteiger charge is -2.26. The van der Waals surface area contributed by atoms with E-state index in [4.69, 9.17) is 4.42 Å². The first-order chi connectivity index (χ1) is 30.7. The number of aromatic nitrogens is 1. The Bertz CT molecular complexity index is 3820. The molecule has 0 spiro atoms. The molecule has 0 amide bonds. The monoisotopic (exact) mass is 808 g/mol. The summed E-state index contributed by atoms with van der Waals surface area (Å²) in [6.45, 7) is 0. The van der Waals surface area contributed by atoms with Crippen molar-refractivity contribution in [3.05, 3.63) is 218 Å². The molecule has 3 aromatic heterocycles. The van der Waals surface area contributed by atoms with Crippen molar-refractivity contribution in [1.82, 2.24) is 4.57 Å². The van der Waals surface area contributed by atoms with E-state index in [-0.39, 0.29) is 0 Å². The van der Waals surface area contributed by atoms with Crippen LogP contribution < -0.4 is 4.90 Å². The Balaban J connectivity index is 0.937.